The highest BCUT2D eigenvalue weighted by atomic mass is 32.1. The van der Waals surface area contributed by atoms with Crippen molar-refractivity contribution >= 4 is 18.9 Å². The fourth-order valence-electron chi connectivity index (χ4n) is 3.72. The van der Waals surface area contributed by atoms with Gasteiger partial charge in [0, 0.05) is 17.0 Å². The van der Waals surface area contributed by atoms with Crippen molar-refractivity contribution < 1.29 is 23.8 Å². The zero-order valence-electron chi connectivity index (χ0n) is 20.6. The molecular weight excluding hydrogens is 495 g/mol. The summed E-state index contributed by atoms with van der Waals surface area (Å²) in [5.74, 6) is 1.44. The Labute approximate surface area is 216 Å². The summed E-state index contributed by atoms with van der Waals surface area (Å²) in [6.07, 6.45) is 1.93. The molecule has 0 aliphatic rings. The molecule has 192 valence electrons. The number of benzene rings is 2. The van der Waals surface area contributed by atoms with Crippen LogP contribution in [-0.4, -0.2) is 35.2 Å². The fourth-order valence-corrected chi connectivity index (χ4v) is 5.03. The number of hydrogen-bond donors (Lipinski definition) is 3. The van der Waals surface area contributed by atoms with Gasteiger partial charge in [-0.05, 0) is 86.5 Å². The van der Waals surface area contributed by atoms with Crippen molar-refractivity contribution in [1.82, 2.24) is 5.32 Å². The van der Waals surface area contributed by atoms with Crippen LogP contribution in [0.1, 0.15) is 43.4 Å². The zero-order valence-corrected chi connectivity index (χ0v) is 22.4. The lowest BCUT2D eigenvalue weighted by molar-refractivity contribution is 0.241. The van der Waals surface area contributed by atoms with Crippen LogP contribution in [0.25, 0.3) is 10.4 Å². The average Bonchev–Trinajstić information content (AvgIpc) is 3.36. The summed E-state index contributed by atoms with van der Waals surface area (Å²) in [6.45, 7) is 5.57. The van der Waals surface area contributed by atoms with Gasteiger partial charge in [0.25, 0.3) is 0 Å². The molecule has 9 heteroatoms. The predicted octanol–water partition coefficient (Wildman–Crippen LogP) is 5.74. The highest BCUT2D eigenvalue weighted by Gasteiger charge is 2.12. The van der Waals surface area contributed by atoms with Crippen LogP contribution in [-0.2, 0) is 17.5 Å². The molecular formula is C27H33N2O5PS. The maximum absolute atomic E-state index is 11.0. The summed E-state index contributed by atoms with van der Waals surface area (Å²) in [5.41, 5.74) is 3.73. The lowest BCUT2D eigenvalue weighted by Crippen LogP contribution is -2.16. The predicted molar refractivity (Wildman–Crippen MR) is 144 cm³/mol. The molecule has 0 spiro atoms. The van der Waals surface area contributed by atoms with Gasteiger partial charge in [-0.1, -0.05) is 18.2 Å². The number of nitriles is 1. The van der Waals surface area contributed by atoms with E-state index in [0.29, 0.717) is 37.4 Å². The van der Waals surface area contributed by atoms with Gasteiger partial charge >= 0.3 is 7.60 Å². The third-order valence-corrected chi connectivity index (χ3v) is 7.16. The molecule has 1 aromatic heterocycles. The Bertz CT molecular complexity index is 1200. The molecule has 3 aromatic rings. The van der Waals surface area contributed by atoms with Gasteiger partial charge in [-0.15, -0.1) is 11.3 Å². The van der Waals surface area contributed by atoms with E-state index in [0.717, 1.165) is 40.2 Å². The highest BCUT2D eigenvalue weighted by Crippen LogP contribution is 2.35. The first kappa shape index (κ1) is 27.9. The number of aryl methyl sites for hydroxylation is 1. The lowest BCUT2D eigenvalue weighted by Gasteiger charge is -2.14. The second-order valence-electron chi connectivity index (χ2n) is 8.79. The van der Waals surface area contributed by atoms with Crippen LogP contribution in [0.5, 0.6) is 11.5 Å². The van der Waals surface area contributed by atoms with Gasteiger partial charge in [0.1, 0.15) is 17.6 Å². The minimum absolute atomic E-state index is 0.0175. The van der Waals surface area contributed by atoms with Gasteiger partial charge in [0.2, 0.25) is 0 Å². The molecule has 0 amide bonds. The standard InChI is InChI=1S/C27H33N2O5PS/c1-20(2)34-25-10-8-21(16-23(25)18-28)6-3-13-33-26-11-9-22(17-24(26)27-7-4-15-36-27)19-29-12-5-14-35(30,31)32/h4,7-11,15-17,20,29H,3,5-6,12-14,19H2,1-2H3,(H2,30,31,32). The van der Waals surface area contributed by atoms with E-state index in [9.17, 15) is 9.83 Å². The Balaban J connectivity index is 1.57. The normalized spacial score (nSPS) is 11.4. The molecule has 0 atom stereocenters. The number of nitrogens with one attached hydrogen (secondary N) is 1. The molecule has 0 saturated heterocycles. The van der Waals surface area contributed by atoms with E-state index >= 15 is 0 Å². The summed E-state index contributed by atoms with van der Waals surface area (Å²) in [7, 11) is -3.95. The second-order valence-corrected chi connectivity index (χ2v) is 11.5. The molecule has 0 fully saturated rings. The van der Waals surface area contributed by atoms with E-state index in [4.69, 9.17) is 19.3 Å². The van der Waals surface area contributed by atoms with Crippen molar-refractivity contribution in [1.29, 1.82) is 5.26 Å². The molecule has 3 rings (SSSR count). The van der Waals surface area contributed by atoms with E-state index in [1.54, 1.807) is 11.3 Å². The molecule has 0 radical (unpaired) electrons. The van der Waals surface area contributed by atoms with Crippen LogP contribution in [0.4, 0.5) is 0 Å². The summed E-state index contributed by atoms with van der Waals surface area (Å²) in [5, 5.41) is 14.7. The SMILES string of the molecule is CC(C)Oc1ccc(CCCOc2ccc(CNCCCP(=O)(O)O)cc2-c2cccs2)cc1C#N. The first-order valence-electron chi connectivity index (χ1n) is 12.0. The smallest absolute Gasteiger partial charge is 0.325 e. The molecule has 0 saturated carbocycles. The van der Waals surface area contributed by atoms with Gasteiger partial charge in [-0.3, -0.25) is 4.57 Å². The molecule has 36 heavy (non-hydrogen) atoms. The van der Waals surface area contributed by atoms with E-state index in [1.165, 1.54) is 0 Å². The Morgan fingerprint density at radius 3 is 2.56 bits per heavy atom. The van der Waals surface area contributed by atoms with Crippen molar-refractivity contribution in [3.63, 3.8) is 0 Å². The Kier molecular flexibility index (Phi) is 10.5. The zero-order chi connectivity index (χ0) is 26.0. The number of ether oxygens (including phenoxy) is 2. The van der Waals surface area contributed by atoms with E-state index in [-0.39, 0.29) is 12.3 Å². The van der Waals surface area contributed by atoms with Crippen LogP contribution in [0, 0.1) is 11.3 Å². The molecule has 3 N–H and O–H groups in total. The van der Waals surface area contributed by atoms with Crippen molar-refractivity contribution in [2.75, 3.05) is 19.3 Å². The van der Waals surface area contributed by atoms with Gasteiger partial charge in [-0.25, -0.2) is 0 Å². The maximum atomic E-state index is 11.0. The summed E-state index contributed by atoms with van der Waals surface area (Å²) >= 11 is 1.65. The largest absolute Gasteiger partial charge is 0.493 e. The van der Waals surface area contributed by atoms with Crippen molar-refractivity contribution in [3.05, 3.63) is 70.6 Å². The third-order valence-electron chi connectivity index (χ3n) is 5.36. The summed E-state index contributed by atoms with van der Waals surface area (Å²) in [4.78, 5) is 19.1. The van der Waals surface area contributed by atoms with Gasteiger partial charge in [0.15, 0.2) is 0 Å². The maximum Gasteiger partial charge on any atom is 0.325 e. The molecule has 1 heterocycles. The number of hydrogen-bond acceptors (Lipinski definition) is 6. The van der Waals surface area contributed by atoms with Gasteiger partial charge < -0.3 is 24.6 Å². The first-order valence-corrected chi connectivity index (χ1v) is 14.7. The summed E-state index contributed by atoms with van der Waals surface area (Å²) < 4.78 is 22.8. The van der Waals surface area contributed by atoms with Crippen molar-refractivity contribution in [2.24, 2.45) is 0 Å². The van der Waals surface area contributed by atoms with Crippen molar-refractivity contribution in [2.45, 2.75) is 45.8 Å². The van der Waals surface area contributed by atoms with Crippen LogP contribution < -0.4 is 14.8 Å². The average molecular weight is 529 g/mol. The molecule has 7 nitrogen and oxygen atoms in total. The van der Waals surface area contributed by atoms with Crippen LogP contribution in [0.3, 0.4) is 0 Å². The van der Waals surface area contributed by atoms with Crippen LogP contribution >= 0.6 is 18.9 Å². The summed E-state index contributed by atoms with van der Waals surface area (Å²) in [6, 6.07) is 18.1. The van der Waals surface area contributed by atoms with Crippen molar-refractivity contribution in [3.8, 4) is 28.0 Å². The molecule has 0 aliphatic heterocycles. The Morgan fingerprint density at radius 1 is 1.08 bits per heavy atom. The molecule has 0 aliphatic carbocycles. The van der Waals surface area contributed by atoms with E-state index < -0.39 is 7.60 Å². The van der Waals surface area contributed by atoms with Crippen LogP contribution in [0.2, 0.25) is 0 Å². The topological polar surface area (TPSA) is 112 Å². The Morgan fingerprint density at radius 2 is 1.86 bits per heavy atom. The number of rotatable bonds is 14. The van der Waals surface area contributed by atoms with E-state index in [1.807, 2.05) is 55.6 Å². The number of thiophene rings is 1. The minimum Gasteiger partial charge on any atom is -0.493 e. The fraction of sp³-hybridized carbons (Fsp3) is 0.370. The molecule has 0 unspecified atom stereocenters. The van der Waals surface area contributed by atoms with Crippen LogP contribution in [0.15, 0.2) is 53.9 Å². The van der Waals surface area contributed by atoms with Gasteiger partial charge in [-0.2, -0.15) is 5.26 Å². The third kappa shape index (κ3) is 9.09. The lowest BCUT2D eigenvalue weighted by atomic mass is 10.1. The molecule has 0 bridgehead atoms. The number of nitrogens with zero attached hydrogens (tertiary/aromatic N) is 1. The van der Waals surface area contributed by atoms with E-state index in [2.05, 4.69) is 23.5 Å². The molecule has 2 aromatic carbocycles. The van der Waals surface area contributed by atoms with Gasteiger partial charge in [0.05, 0.1) is 24.4 Å². The second kappa shape index (κ2) is 13.6. The minimum atomic E-state index is -3.95. The monoisotopic (exact) mass is 528 g/mol. The quantitative estimate of drug-likeness (QED) is 0.181. The first-order chi connectivity index (χ1) is 17.2. The Hall–Kier alpha value is -2.66. The highest BCUT2D eigenvalue weighted by molar-refractivity contribution is 7.51.